The number of carboxylic acids is 1. The van der Waals surface area contributed by atoms with Crippen molar-refractivity contribution in [2.45, 2.75) is 6.42 Å². The Morgan fingerprint density at radius 2 is 2.05 bits per heavy atom. The van der Waals surface area contributed by atoms with Gasteiger partial charge in [-0.1, -0.05) is 11.6 Å². The van der Waals surface area contributed by atoms with Crippen LogP contribution in [-0.4, -0.2) is 26.3 Å². The van der Waals surface area contributed by atoms with Crippen LogP contribution in [0.3, 0.4) is 0 Å². The number of benzene rings is 1. The Hall–Kier alpha value is -0.980. The number of rotatable bonds is 7. The molecule has 0 atom stereocenters. The standard InChI is InChI=1S/C15H15ClO5.Na/c1-19-6-7-20-13-4-2-11(16)8-10(13)9-12-3-5-14(21-12)15(17)18;/h2-5,8H,6-7,9H2,1H3,(H,17,18);/q;+1/p-1. The maximum absolute atomic E-state index is 10.7. The number of halogens is 1. The van der Waals surface area contributed by atoms with Crippen LogP contribution in [0, 0.1) is 0 Å². The first-order valence-electron chi connectivity index (χ1n) is 6.30. The fourth-order valence-corrected chi connectivity index (χ4v) is 2.03. The molecule has 1 aromatic heterocycles. The number of furan rings is 1. The van der Waals surface area contributed by atoms with Gasteiger partial charge in [-0.15, -0.1) is 0 Å². The van der Waals surface area contributed by atoms with Gasteiger partial charge in [0.2, 0.25) is 0 Å². The van der Waals surface area contributed by atoms with Gasteiger partial charge in [0.05, 0.1) is 6.61 Å². The van der Waals surface area contributed by atoms with Crippen molar-refractivity contribution in [1.29, 1.82) is 0 Å². The molecular formula is C15H14ClNaO5. The van der Waals surface area contributed by atoms with Crippen LogP contribution in [0.5, 0.6) is 5.75 Å². The molecule has 0 aliphatic heterocycles. The van der Waals surface area contributed by atoms with E-state index in [1.165, 1.54) is 6.07 Å². The Morgan fingerprint density at radius 3 is 2.68 bits per heavy atom. The minimum Gasteiger partial charge on any atom is -0.542 e. The minimum absolute atomic E-state index is 0. The van der Waals surface area contributed by atoms with E-state index in [0.29, 0.717) is 36.2 Å². The summed E-state index contributed by atoms with van der Waals surface area (Å²) < 4.78 is 15.7. The molecule has 112 valence electrons. The predicted octanol–water partition coefficient (Wildman–Crippen LogP) is -1.08. The smallest absolute Gasteiger partial charge is 0.542 e. The molecule has 1 aromatic carbocycles. The molecule has 0 fully saturated rings. The predicted molar refractivity (Wildman–Crippen MR) is 74.7 cm³/mol. The van der Waals surface area contributed by atoms with E-state index in [9.17, 15) is 9.90 Å². The number of hydrogen-bond acceptors (Lipinski definition) is 5. The Labute approximate surface area is 155 Å². The van der Waals surface area contributed by atoms with E-state index in [4.69, 9.17) is 25.5 Å². The van der Waals surface area contributed by atoms with Gasteiger partial charge in [-0.05, 0) is 30.3 Å². The van der Waals surface area contributed by atoms with Crippen LogP contribution < -0.4 is 39.4 Å². The first-order valence-corrected chi connectivity index (χ1v) is 6.68. The summed E-state index contributed by atoms with van der Waals surface area (Å²) in [6.07, 6.45) is 0.371. The van der Waals surface area contributed by atoms with Gasteiger partial charge in [0.15, 0.2) is 0 Å². The maximum atomic E-state index is 10.7. The van der Waals surface area contributed by atoms with E-state index in [1.807, 2.05) is 0 Å². The molecule has 0 saturated carbocycles. The average Bonchev–Trinajstić information content (AvgIpc) is 2.90. The van der Waals surface area contributed by atoms with Crippen molar-refractivity contribution in [3.05, 3.63) is 52.4 Å². The van der Waals surface area contributed by atoms with Gasteiger partial charge in [0.1, 0.15) is 29.8 Å². The van der Waals surface area contributed by atoms with E-state index < -0.39 is 5.97 Å². The van der Waals surface area contributed by atoms with E-state index >= 15 is 0 Å². The summed E-state index contributed by atoms with van der Waals surface area (Å²) in [5.74, 6) is -0.395. The zero-order chi connectivity index (χ0) is 15.2. The monoisotopic (exact) mass is 332 g/mol. The van der Waals surface area contributed by atoms with Gasteiger partial charge in [0.25, 0.3) is 0 Å². The number of hydrogen-bond donors (Lipinski definition) is 0. The molecule has 0 radical (unpaired) electrons. The molecule has 5 nitrogen and oxygen atoms in total. The van der Waals surface area contributed by atoms with Crippen LogP contribution in [0.2, 0.25) is 5.02 Å². The quantitative estimate of drug-likeness (QED) is 0.476. The number of carbonyl (C=O) groups excluding carboxylic acids is 1. The largest absolute Gasteiger partial charge is 1.00 e. The summed E-state index contributed by atoms with van der Waals surface area (Å²) >= 11 is 5.99. The third kappa shape index (κ3) is 5.34. The van der Waals surface area contributed by atoms with Crippen molar-refractivity contribution in [2.75, 3.05) is 20.3 Å². The molecule has 0 amide bonds. The van der Waals surface area contributed by atoms with Gasteiger partial charge in [0, 0.05) is 24.1 Å². The number of ether oxygens (including phenoxy) is 2. The molecule has 0 aliphatic rings. The molecule has 22 heavy (non-hydrogen) atoms. The first kappa shape index (κ1) is 19.1. The Morgan fingerprint density at radius 1 is 1.27 bits per heavy atom. The Balaban J connectivity index is 0.00000242. The number of aromatic carboxylic acids is 1. The zero-order valence-corrected chi connectivity index (χ0v) is 15.2. The summed E-state index contributed by atoms with van der Waals surface area (Å²) in [6.45, 7) is 0.880. The van der Waals surface area contributed by atoms with E-state index in [1.54, 1.807) is 31.4 Å². The van der Waals surface area contributed by atoms with Crippen molar-refractivity contribution in [2.24, 2.45) is 0 Å². The molecule has 7 heteroatoms. The van der Waals surface area contributed by atoms with Crippen molar-refractivity contribution < 1.29 is 53.3 Å². The summed E-state index contributed by atoms with van der Waals surface area (Å²) in [5.41, 5.74) is 0.804. The van der Waals surface area contributed by atoms with Crippen LogP contribution >= 0.6 is 11.6 Å². The number of carboxylic acid groups (broad SMARTS) is 1. The SMILES string of the molecule is COCCOc1ccc(Cl)cc1Cc1ccc(C(=O)[O-])o1.[Na+]. The molecule has 0 saturated heterocycles. The minimum atomic E-state index is -1.34. The van der Waals surface area contributed by atoms with E-state index in [0.717, 1.165) is 5.56 Å². The molecular weight excluding hydrogens is 319 g/mol. The molecule has 1 heterocycles. The summed E-state index contributed by atoms with van der Waals surface area (Å²) in [5, 5.41) is 11.3. The van der Waals surface area contributed by atoms with Gasteiger partial charge < -0.3 is 23.8 Å². The van der Waals surface area contributed by atoms with Crippen LogP contribution in [0.25, 0.3) is 0 Å². The van der Waals surface area contributed by atoms with Crippen molar-refractivity contribution >= 4 is 17.6 Å². The van der Waals surface area contributed by atoms with Crippen LogP contribution in [-0.2, 0) is 11.2 Å². The second-order valence-electron chi connectivity index (χ2n) is 4.32. The van der Waals surface area contributed by atoms with Crippen molar-refractivity contribution in [3.8, 4) is 5.75 Å². The Kier molecular flexibility index (Phi) is 8.00. The number of methoxy groups -OCH3 is 1. The summed E-state index contributed by atoms with van der Waals surface area (Å²) in [6, 6.07) is 8.19. The fourth-order valence-electron chi connectivity index (χ4n) is 1.83. The topological polar surface area (TPSA) is 71.7 Å². The van der Waals surface area contributed by atoms with Crippen LogP contribution in [0.15, 0.2) is 34.7 Å². The van der Waals surface area contributed by atoms with Gasteiger partial charge in [-0.25, -0.2) is 0 Å². The zero-order valence-electron chi connectivity index (χ0n) is 12.4. The molecule has 0 aliphatic carbocycles. The third-order valence-corrected chi connectivity index (χ3v) is 3.03. The van der Waals surface area contributed by atoms with Crippen LogP contribution in [0.1, 0.15) is 21.9 Å². The van der Waals surface area contributed by atoms with Gasteiger partial charge in [-0.2, -0.15) is 0 Å². The molecule has 2 aromatic rings. The second-order valence-corrected chi connectivity index (χ2v) is 4.76. The number of carbonyl (C=O) groups is 1. The normalized spacial score (nSPS) is 10.1. The van der Waals surface area contributed by atoms with E-state index in [-0.39, 0.29) is 35.3 Å². The summed E-state index contributed by atoms with van der Waals surface area (Å²) in [7, 11) is 1.59. The Bertz CT molecular complexity index is 626. The summed E-state index contributed by atoms with van der Waals surface area (Å²) in [4.78, 5) is 10.7. The average molecular weight is 333 g/mol. The van der Waals surface area contributed by atoms with Gasteiger partial charge in [-0.3, -0.25) is 0 Å². The maximum Gasteiger partial charge on any atom is 1.00 e. The third-order valence-electron chi connectivity index (χ3n) is 2.80. The van der Waals surface area contributed by atoms with Gasteiger partial charge >= 0.3 is 29.6 Å². The molecule has 2 rings (SSSR count). The van der Waals surface area contributed by atoms with E-state index in [2.05, 4.69) is 0 Å². The fraction of sp³-hybridized carbons (Fsp3) is 0.267. The van der Waals surface area contributed by atoms with Crippen LogP contribution in [0.4, 0.5) is 0 Å². The van der Waals surface area contributed by atoms with Crippen molar-refractivity contribution in [3.63, 3.8) is 0 Å². The molecule has 0 bridgehead atoms. The molecule has 0 spiro atoms. The second kappa shape index (κ2) is 9.22. The molecule has 0 unspecified atom stereocenters. The first-order chi connectivity index (χ1) is 10.1. The molecule has 0 N–H and O–H groups in total. The van der Waals surface area contributed by atoms with Crippen molar-refractivity contribution in [1.82, 2.24) is 0 Å².